The Morgan fingerprint density at radius 2 is 1.39 bits per heavy atom. The van der Waals surface area contributed by atoms with E-state index in [1.165, 1.54) is 6.92 Å². The van der Waals surface area contributed by atoms with Crippen molar-refractivity contribution < 1.29 is 39.0 Å². The quantitative estimate of drug-likeness (QED) is 0.151. The Labute approximate surface area is 179 Å². The van der Waals surface area contributed by atoms with Crippen LogP contribution in [-0.4, -0.2) is 69.9 Å². The molecule has 0 aliphatic heterocycles. The van der Waals surface area contributed by atoms with Crippen molar-refractivity contribution in [2.75, 3.05) is 0 Å². The number of carboxylic acid groups (broad SMARTS) is 2. The zero-order valence-corrected chi connectivity index (χ0v) is 17.7. The van der Waals surface area contributed by atoms with Crippen molar-refractivity contribution in [2.45, 2.75) is 70.6 Å². The van der Waals surface area contributed by atoms with Gasteiger partial charge >= 0.3 is 11.9 Å². The second-order valence-electron chi connectivity index (χ2n) is 7.53. The van der Waals surface area contributed by atoms with Crippen LogP contribution in [-0.2, 0) is 28.8 Å². The summed E-state index contributed by atoms with van der Waals surface area (Å²) in [7, 11) is 0. The number of nitrogens with two attached hydrogens (primary N) is 2. The Bertz CT molecular complexity index is 696. The predicted molar refractivity (Wildman–Crippen MR) is 107 cm³/mol. The standard InChI is InChI=1S/C18H31N5O8/c1-8(2)6-12(18(30)31)23-15(27)9(3)21-17(29)11(4-5-13(20)24)22-16(28)10(19)7-14(25)26/h8-12H,4-7,19H2,1-3H3,(H2,20,24)(H,21,29)(H,22,28)(H,23,27)(H,25,26)(H,30,31). The molecule has 0 aromatic rings. The van der Waals surface area contributed by atoms with Crippen LogP contribution in [0.1, 0.15) is 46.5 Å². The van der Waals surface area contributed by atoms with Gasteiger partial charge in [-0.2, -0.15) is 0 Å². The van der Waals surface area contributed by atoms with Gasteiger partial charge in [-0.15, -0.1) is 0 Å². The highest BCUT2D eigenvalue weighted by Crippen LogP contribution is 2.06. The molecule has 0 aromatic heterocycles. The average Bonchev–Trinajstić information content (AvgIpc) is 2.62. The molecule has 4 atom stereocenters. The van der Waals surface area contributed by atoms with Crippen LogP contribution in [0.15, 0.2) is 0 Å². The summed E-state index contributed by atoms with van der Waals surface area (Å²) < 4.78 is 0. The monoisotopic (exact) mass is 445 g/mol. The van der Waals surface area contributed by atoms with Crippen LogP contribution in [0.2, 0.25) is 0 Å². The molecule has 0 aliphatic carbocycles. The summed E-state index contributed by atoms with van der Waals surface area (Å²) in [5.74, 6) is -5.84. The Morgan fingerprint density at radius 3 is 1.84 bits per heavy atom. The van der Waals surface area contributed by atoms with Crippen LogP contribution in [0.3, 0.4) is 0 Å². The number of primary amides is 1. The van der Waals surface area contributed by atoms with Crippen molar-refractivity contribution in [3.8, 4) is 0 Å². The van der Waals surface area contributed by atoms with Gasteiger partial charge in [0.2, 0.25) is 23.6 Å². The Hall–Kier alpha value is -3.22. The number of carboxylic acids is 2. The molecule has 0 radical (unpaired) electrons. The maximum atomic E-state index is 12.5. The van der Waals surface area contributed by atoms with Gasteiger partial charge < -0.3 is 37.6 Å². The average molecular weight is 445 g/mol. The van der Waals surface area contributed by atoms with Gasteiger partial charge in [-0.05, 0) is 25.7 Å². The highest BCUT2D eigenvalue weighted by molar-refractivity contribution is 5.94. The van der Waals surface area contributed by atoms with E-state index in [0.29, 0.717) is 0 Å². The van der Waals surface area contributed by atoms with Gasteiger partial charge in [-0.1, -0.05) is 13.8 Å². The maximum Gasteiger partial charge on any atom is 0.326 e. The van der Waals surface area contributed by atoms with Gasteiger partial charge in [0.25, 0.3) is 0 Å². The van der Waals surface area contributed by atoms with Crippen molar-refractivity contribution in [3.05, 3.63) is 0 Å². The lowest BCUT2D eigenvalue weighted by atomic mass is 10.0. The lowest BCUT2D eigenvalue weighted by Crippen LogP contribution is -2.56. The number of rotatable bonds is 14. The molecule has 4 unspecified atom stereocenters. The van der Waals surface area contributed by atoms with E-state index in [1.807, 2.05) is 0 Å². The molecule has 0 saturated heterocycles. The molecule has 0 aliphatic rings. The smallest absolute Gasteiger partial charge is 0.326 e. The maximum absolute atomic E-state index is 12.5. The minimum Gasteiger partial charge on any atom is -0.481 e. The van der Waals surface area contributed by atoms with Crippen molar-refractivity contribution in [1.82, 2.24) is 16.0 Å². The van der Waals surface area contributed by atoms with E-state index in [2.05, 4.69) is 16.0 Å². The topological polar surface area (TPSA) is 231 Å². The second kappa shape index (κ2) is 13.2. The van der Waals surface area contributed by atoms with Crippen LogP contribution in [0.25, 0.3) is 0 Å². The third-order valence-electron chi connectivity index (χ3n) is 4.12. The third-order valence-corrected chi connectivity index (χ3v) is 4.12. The van der Waals surface area contributed by atoms with Gasteiger partial charge in [0.1, 0.15) is 18.1 Å². The molecule has 0 rings (SSSR count). The molecule has 31 heavy (non-hydrogen) atoms. The zero-order chi connectivity index (χ0) is 24.3. The summed E-state index contributed by atoms with van der Waals surface area (Å²) in [6, 6.07) is -5.07. The lowest BCUT2D eigenvalue weighted by Gasteiger charge is -2.23. The Morgan fingerprint density at radius 1 is 0.839 bits per heavy atom. The number of hydrogen-bond acceptors (Lipinski definition) is 7. The number of carbonyl (C=O) groups excluding carboxylic acids is 4. The summed E-state index contributed by atoms with van der Waals surface area (Å²) in [6.07, 6.45) is -0.990. The van der Waals surface area contributed by atoms with Crippen molar-refractivity contribution in [3.63, 3.8) is 0 Å². The van der Waals surface area contributed by atoms with Crippen LogP contribution in [0.4, 0.5) is 0 Å². The Balaban J connectivity index is 5.14. The van der Waals surface area contributed by atoms with E-state index >= 15 is 0 Å². The van der Waals surface area contributed by atoms with Gasteiger partial charge in [-0.25, -0.2) is 4.79 Å². The first-order valence-electron chi connectivity index (χ1n) is 9.64. The van der Waals surface area contributed by atoms with Gasteiger partial charge in [0.15, 0.2) is 0 Å². The first-order chi connectivity index (χ1) is 14.2. The first-order valence-corrected chi connectivity index (χ1v) is 9.64. The first kappa shape index (κ1) is 27.8. The fourth-order valence-corrected chi connectivity index (χ4v) is 2.48. The van der Waals surface area contributed by atoms with Crippen LogP contribution in [0.5, 0.6) is 0 Å². The minimum atomic E-state index is -1.44. The molecule has 9 N–H and O–H groups in total. The molecule has 0 heterocycles. The third kappa shape index (κ3) is 11.5. The molecule has 13 heteroatoms. The summed E-state index contributed by atoms with van der Waals surface area (Å²) in [5, 5.41) is 24.8. The molecule has 4 amide bonds. The highest BCUT2D eigenvalue weighted by Gasteiger charge is 2.29. The van der Waals surface area contributed by atoms with E-state index in [0.717, 1.165) is 0 Å². The SMILES string of the molecule is CC(C)CC(NC(=O)C(C)NC(=O)C(CCC(N)=O)NC(=O)C(N)CC(=O)O)C(=O)O. The number of amides is 4. The molecule has 0 fully saturated rings. The van der Waals surface area contributed by atoms with Gasteiger partial charge in [0, 0.05) is 6.42 Å². The number of hydrogen-bond donors (Lipinski definition) is 7. The summed E-state index contributed by atoms with van der Waals surface area (Å²) in [6.45, 7) is 4.88. The predicted octanol–water partition coefficient (Wildman–Crippen LogP) is -2.34. The Kier molecular flexibility index (Phi) is 11.8. The number of carbonyl (C=O) groups is 6. The fraction of sp³-hybridized carbons (Fsp3) is 0.667. The molecule has 0 bridgehead atoms. The molecule has 0 saturated carbocycles. The van der Waals surface area contributed by atoms with Crippen molar-refractivity contribution in [1.29, 1.82) is 0 Å². The van der Waals surface area contributed by atoms with Gasteiger partial charge in [-0.3, -0.25) is 24.0 Å². The lowest BCUT2D eigenvalue weighted by molar-refractivity contribution is -0.142. The van der Waals surface area contributed by atoms with E-state index in [4.69, 9.17) is 16.6 Å². The second-order valence-corrected chi connectivity index (χ2v) is 7.53. The minimum absolute atomic E-state index is 0.00491. The fourth-order valence-electron chi connectivity index (χ4n) is 2.48. The molecule has 0 spiro atoms. The van der Waals surface area contributed by atoms with Crippen molar-refractivity contribution >= 4 is 35.6 Å². The van der Waals surface area contributed by atoms with Crippen LogP contribution < -0.4 is 27.4 Å². The number of nitrogens with one attached hydrogen (secondary N) is 3. The summed E-state index contributed by atoms with van der Waals surface area (Å²) >= 11 is 0. The molecule has 176 valence electrons. The molecular formula is C18H31N5O8. The summed E-state index contributed by atoms with van der Waals surface area (Å²) in [5.41, 5.74) is 10.5. The van der Waals surface area contributed by atoms with E-state index in [1.54, 1.807) is 13.8 Å². The molecule has 0 aromatic carbocycles. The highest BCUT2D eigenvalue weighted by atomic mass is 16.4. The van der Waals surface area contributed by atoms with E-state index in [-0.39, 0.29) is 25.2 Å². The molecular weight excluding hydrogens is 414 g/mol. The van der Waals surface area contributed by atoms with E-state index in [9.17, 15) is 33.9 Å². The zero-order valence-electron chi connectivity index (χ0n) is 17.7. The van der Waals surface area contributed by atoms with Gasteiger partial charge in [0.05, 0.1) is 12.5 Å². The normalized spacial score (nSPS) is 14.6. The molecule has 13 nitrogen and oxygen atoms in total. The van der Waals surface area contributed by atoms with Crippen molar-refractivity contribution in [2.24, 2.45) is 17.4 Å². The van der Waals surface area contributed by atoms with Crippen LogP contribution >= 0.6 is 0 Å². The van der Waals surface area contributed by atoms with Crippen LogP contribution in [0, 0.1) is 5.92 Å². The van der Waals surface area contributed by atoms with E-state index < -0.39 is 66.2 Å². The number of aliphatic carboxylic acids is 2. The largest absolute Gasteiger partial charge is 0.481 e. The summed E-state index contributed by atoms with van der Waals surface area (Å²) in [4.78, 5) is 69.9.